The lowest BCUT2D eigenvalue weighted by molar-refractivity contribution is 0.102. The summed E-state index contributed by atoms with van der Waals surface area (Å²) in [7, 11) is 1.58. The lowest BCUT2D eigenvalue weighted by Gasteiger charge is -2.36. The molecule has 1 atom stereocenters. The van der Waals surface area contributed by atoms with E-state index < -0.39 is 0 Å². The highest BCUT2D eigenvalue weighted by Gasteiger charge is 2.28. The van der Waals surface area contributed by atoms with Gasteiger partial charge in [0, 0.05) is 11.6 Å². The van der Waals surface area contributed by atoms with Gasteiger partial charge in [-0.25, -0.2) is 4.79 Å². The van der Waals surface area contributed by atoms with Crippen molar-refractivity contribution in [2.75, 3.05) is 20.2 Å². The molecule has 0 bridgehead atoms. The number of halogens is 1. The summed E-state index contributed by atoms with van der Waals surface area (Å²) in [5.41, 5.74) is 2.53. The van der Waals surface area contributed by atoms with E-state index in [0.717, 1.165) is 25.9 Å². The van der Waals surface area contributed by atoms with E-state index in [2.05, 4.69) is 39.1 Å². The molecule has 1 aromatic heterocycles. The zero-order valence-electron chi connectivity index (χ0n) is 17.8. The van der Waals surface area contributed by atoms with Gasteiger partial charge >= 0.3 is 5.69 Å². The molecule has 2 N–H and O–H groups in total. The smallest absolute Gasteiger partial charge is 0.323 e. The fraction of sp³-hybridized carbons (Fsp3) is 0.333. The number of hydrogen-bond acceptors (Lipinski definition) is 4. The number of ketones is 1. The Morgan fingerprint density at radius 2 is 1.68 bits per heavy atom. The molecule has 1 unspecified atom stereocenters. The molecular formula is C24H28ClN3O3. The van der Waals surface area contributed by atoms with Crippen LogP contribution in [0.1, 0.15) is 59.0 Å². The molecule has 31 heavy (non-hydrogen) atoms. The molecule has 0 radical (unpaired) electrons. The van der Waals surface area contributed by atoms with Gasteiger partial charge in [0.05, 0.1) is 12.8 Å². The molecule has 1 aliphatic rings. The summed E-state index contributed by atoms with van der Waals surface area (Å²) in [6, 6.07) is 17.5. The second-order valence-electron chi connectivity index (χ2n) is 7.82. The van der Waals surface area contributed by atoms with Gasteiger partial charge < -0.3 is 14.7 Å². The van der Waals surface area contributed by atoms with Gasteiger partial charge in [-0.1, -0.05) is 30.3 Å². The van der Waals surface area contributed by atoms with Crippen LogP contribution in [0.5, 0.6) is 5.75 Å². The topological polar surface area (TPSA) is 78.2 Å². The van der Waals surface area contributed by atoms with Crippen molar-refractivity contribution in [2.45, 2.75) is 31.7 Å². The lowest BCUT2D eigenvalue weighted by Crippen LogP contribution is -2.35. The number of H-pyrrole nitrogens is 2. The highest BCUT2D eigenvalue weighted by atomic mass is 35.5. The number of likely N-dealkylation sites (tertiary alicyclic amines) is 1. The number of aromatic nitrogens is 2. The summed E-state index contributed by atoms with van der Waals surface area (Å²) in [6.45, 7) is 3.89. The molecule has 0 aliphatic carbocycles. The van der Waals surface area contributed by atoms with Crippen molar-refractivity contribution < 1.29 is 9.53 Å². The Labute approximate surface area is 188 Å². The number of benzene rings is 2. The van der Waals surface area contributed by atoms with Crippen molar-refractivity contribution in [2.24, 2.45) is 0 Å². The van der Waals surface area contributed by atoms with Crippen molar-refractivity contribution in [1.82, 2.24) is 14.9 Å². The summed E-state index contributed by atoms with van der Waals surface area (Å²) in [5, 5.41) is 0. The van der Waals surface area contributed by atoms with E-state index in [1.165, 1.54) is 5.56 Å². The van der Waals surface area contributed by atoms with Crippen LogP contribution in [0.4, 0.5) is 0 Å². The van der Waals surface area contributed by atoms with Gasteiger partial charge in [0.25, 0.3) is 0 Å². The zero-order chi connectivity index (χ0) is 21.1. The Balaban J connectivity index is 0.00000272. The Morgan fingerprint density at radius 3 is 2.29 bits per heavy atom. The number of methoxy groups -OCH3 is 1. The SMILES string of the molecule is COc1ccc(C(=O)c2[nH]c(=O)[nH]c2C(C)N2CCC(c3ccccc3)CC2)cc1.Cl. The minimum absolute atomic E-state index is 0. The standard InChI is InChI=1S/C24H27N3O3.ClH/c1-16(27-14-12-18(13-15-27)17-6-4-3-5-7-17)21-22(26-24(29)25-21)23(28)19-8-10-20(30-2)11-9-19;/h3-11,16,18H,12-15H2,1-2H3,(H2,25,26,29);1H. The maximum Gasteiger partial charge on any atom is 0.323 e. The summed E-state index contributed by atoms with van der Waals surface area (Å²) in [5.74, 6) is 1.04. The predicted octanol–water partition coefficient (Wildman–Crippen LogP) is 4.31. The van der Waals surface area contributed by atoms with E-state index in [-0.39, 0.29) is 29.9 Å². The quantitative estimate of drug-likeness (QED) is 0.559. The molecule has 7 heteroatoms. The van der Waals surface area contributed by atoms with Crippen LogP contribution in [0.15, 0.2) is 59.4 Å². The summed E-state index contributed by atoms with van der Waals surface area (Å²) in [4.78, 5) is 33.0. The Hall–Kier alpha value is -2.83. The van der Waals surface area contributed by atoms with E-state index in [4.69, 9.17) is 4.74 Å². The van der Waals surface area contributed by atoms with Crippen LogP contribution in [0.3, 0.4) is 0 Å². The first kappa shape index (κ1) is 22.8. The summed E-state index contributed by atoms with van der Waals surface area (Å²) in [6.07, 6.45) is 2.12. The van der Waals surface area contributed by atoms with Gasteiger partial charge in [0.15, 0.2) is 0 Å². The van der Waals surface area contributed by atoms with E-state index >= 15 is 0 Å². The van der Waals surface area contributed by atoms with Crippen LogP contribution < -0.4 is 10.4 Å². The maximum atomic E-state index is 13.1. The molecule has 0 saturated carbocycles. The molecule has 2 heterocycles. The monoisotopic (exact) mass is 441 g/mol. The molecule has 1 fully saturated rings. The normalized spacial score (nSPS) is 15.8. The Morgan fingerprint density at radius 1 is 1.03 bits per heavy atom. The summed E-state index contributed by atoms with van der Waals surface area (Å²) >= 11 is 0. The molecule has 1 aliphatic heterocycles. The van der Waals surface area contributed by atoms with E-state index in [1.807, 2.05) is 13.0 Å². The minimum Gasteiger partial charge on any atom is -0.497 e. The average molecular weight is 442 g/mol. The van der Waals surface area contributed by atoms with Gasteiger partial charge in [-0.15, -0.1) is 12.4 Å². The number of piperidine rings is 1. The molecule has 0 spiro atoms. The number of nitrogens with zero attached hydrogens (tertiary/aromatic N) is 1. The van der Waals surface area contributed by atoms with Crippen LogP contribution >= 0.6 is 12.4 Å². The fourth-order valence-corrected chi connectivity index (χ4v) is 4.30. The third-order valence-electron chi connectivity index (χ3n) is 6.10. The second-order valence-corrected chi connectivity index (χ2v) is 7.82. The highest BCUT2D eigenvalue weighted by molar-refractivity contribution is 6.08. The number of hydrogen-bond donors (Lipinski definition) is 2. The number of carbonyl (C=O) groups excluding carboxylic acids is 1. The molecule has 6 nitrogen and oxygen atoms in total. The third kappa shape index (κ3) is 4.92. The van der Waals surface area contributed by atoms with Crippen molar-refractivity contribution in [1.29, 1.82) is 0 Å². The average Bonchev–Trinajstić information content (AvgIpc) is 3.20. The molecule has 1 saturated heterocycles. The van der Waals surface area contributed by atoms with E-state index in [9.17, 15) is 9.59 Å². The van der Waals surface area contributed by atoms with Crippen molar-refractivity contribution >= 4 is 18.2 Å². The number of imidazole rings is 1. The van der Waals surface area contributed by atoms with Crippen LogP contribution in [0.2, 0.25) is 0 Å². The number of carbonyl (C=O) groups is 1. The summed E-state index contributed by atoms with van der Waals surface area (Å²) < 4.78 is 5.16. The maximum absolute atomic E-state index is 13.1. The minimum atomic E-state index is -0.354. The molecule has 0 amide bonds. The number of aromatic amines is 2. The van der Waals surface area contributed by atoms with E-state index in [0.29, 0.717) is 28.6 Å². The largest absolute Gasteiger partial charge is 0.497 e. The Kier molecular flexibility index (Phi) is 7.36. The molecular weight excluding hydrogens is 414 g/mol. The van der Waals surface area contributed by atoms with Gasteiger partial charge in [-0.2, -0.15) is 0 Å². The number of ether oxygens (including phenoxy) is 1. The zero-order valence-corrected chi connectivity index (χ0v) is 18.6. The molecule has 4 rings (SSSR count). The molecule has 3 aromatic rings. The number of nitrogens with one attached hydrogen (secondary N) is 2. The van der Waals surface area contributed by atoms with Crippen LogP contribution in [-0.4, -0.2) is 40.9 Å². The van der Waals surface area contributed by atoms with Crippen molar-refractivity contribution in [3.05, 3.63) is 87.6 Å². The second kappa shape index (κ2) is 9.98. The van der Waals surface area contributed by atoms with Crippen LogP contribution in [0.25, 0.3) is 0 Å². The first-order chi connectivity index (χ1) is 14.6. The predicted molar refractivity (Wildman–Crippen MR) is 123 cm³/mol. The van der Waals surface area contributed by atoms with Crippen LogP contribution in [0, 0.1) is 0 Å². The molecule has 2 aromatic carbocycles. The lowest BCUT2D eigenvalue weighted by atomic mass is 9.88. The number of rotatable bonds is 6. The van der Waals surface area contributed by atoms with Gasteiger partial charge in [0.1, 0.15) is 11.4 Å². The van der Waals surface area contributed by atoms with Gasteiger partial charge in [-0.3, -0.25) is 9.69 Å². The van der Waals surface area contributed by atoms with Crippen molar-refractivity contribution in [3.8, 4) is 5.75 Å². The highest BCUT2D eigenvalue weighted by Crippen LogP contribution is 2.32. The third-order valence-corrected chi connectivity index (χ3v) is 6.10. The van der Waals surface area contributed by atoms with Crippen molar-refractivity contribution in [3.63, 3.8) is 0 Å². The Bertz CT molecular complexity index is 1050. The fourth-order valence-electron chi connectivity index (χ4n) is 4.30. The van der Waals surface area contributed by atoms with Gasteiger partial charge in [-0.05, 0) is 68.6 Å². The van der Waals surface area contributed by atoms with Gasteiger partial charge in [0.2, 0.25) is 5.78 Å². The first-order valence-electron chi connectivity index (χ1n) is 10.4. The van der Waals surface area contributed by atoms with Crippen LogP contribution in [-0.2, 0) is 0 Å². The molecule has 164 valence electrons. The first-order valence-corrected chi connectivity index (χ1v) is 10.4. The van der Waals surface area contributed by atoms with E-state index in [1.54, 1.807) is 31.4 Å².